The number of nitrogens with one attached hydrogen (secondary N) is 1. The van der Waals surface area contributed by atoms with E-state index in [-0.39, 0.29) is 29.9 Å². The van der Waals surface area contributed by atoms with Gasteiger partial charge >= 0.3 is 0 Å². The monoisotopic (exact) mass is 496 g/mol. The van der Waals surface area contributed by atoms with Crippen LogP contribution in [0.5, 0.6) is 0 Å². The van der Waals surface area contributed by atoms with Crippen molar-refractivity contribution >= 4 is 39.8 Å². The Kier molecular flexibility index (Phi) is 8.66. The summed E-state index contributed by atoms with van der Waals surface area (Å²) in [6.45, 7) is 9.56. The Labute approximate surface area is 175 Å². The number of halogens is 1. The molecule has 0 aliphatic carbocycles. The topological polar surface area (TPSA) is 65.0 Å². The molecule has 26 heavy (non-hydrogen) atoms. The number of likely N-dealkylation sites (tertiary alicyclic amines) is 2. The van der Waals surface area contributed by atoms with Crippen LogP contribution in [0.2, 0.25) is 0 Å². The summed E-state index contributed by atoms with van der Waals surface area (Å²) in [5.41, 5.74) is 0. The second kappa shape index (κ2) is 10.3. The minimum Gasteiger partial charge on any atom is -0.353 e. The van der Waals surface area contributed by atoms with Crippen molar-refractivity contribution in [1.82, 2.24) is 15.1 Å². The third-order valence-electron chi connectivity index (χ3n) is 5.60. The summed E-state index contributed by atoms with van der Waals surface area (Å²) >= 11 is 0. The number of hydrogen-bond acceptors (Lipinski definition) is 4. The number of aliphatic imine (C=N–C) groups is 1. The molecular formula is C18H33IN4O2S. The Morgan fingerprint density at radius 1 is 1.19 bits per heavy atom. The van der Waals surface area contributed by atoms with Crippen LogP contribution in [0.4, 0.5) is 0 Å². The Bertz CT molecular complexity index is 590. The van der Waals surface area contributed by atoms with Crippen LogP contribution in [0.1, 0.15) is 32.1 Å². The van der Waals surface area contributed by atoms with Crippen LogP contribution >= 0.6 is 24.0 Å². The fraction of sp³-hybridized carbons (Fsp3) is 0.833. The molecule has 1 N–H and O–H groups in total. The zero-order valence-electron chi connectivity index (χ0n) is 15.6. The molecule has 3 saturated heterocycles. The number of guanidine groups is 1. The van der Waals surface area contributed by atoms with Gasteiger partial charge in [0.15, 0.2) is 15.8 Å². The van der Waals surface area contributed by atoms with E-state index in [1.165, 1.54) is 38.8 Å². The molecule has 6 nitrogen and oxygen atoms in total. The van der Waals surface area contributed by atoms with E-state index in [1.807, 2.05) is 6.08 Å². The highest BCUT2D eigenvalue weighted by Crippen LogP contribution is 2.21. The molecule has 3 aliphatic heterocycles. The van der Waals surface area contributed by atoms with E-state index in [4.69, 9.17) is 4.99 Å². The molecule has 3 aliphatic rings. The first-order valence-corrected chi connectivity index (χ1v) is 11.5. The van der Waals surface area contributed by atoms with Crippen molar-refractivity contribution in [1.29, 1.82) is 0 Å². The number of nitrogens with zero attached hydrogens (tertiary/aromatic N) is 3. The van der Waals surface area contributed by atoms with Gasteiger partial charge in [-0.25, -0.2) is 8.42 Å². The van der Waals surface area contributed by atoms with E-state index in [2.05, 4.69) is 21.7 Å². The van der Waals surface area contributed by atoms with Crippen LogP contribution < -0.4 is 5.32 Å². The normalized spacial score (nSPS) is 29.4. The average Bonchev–Trinajstić information content (AvgIpc) is 3.22. The molecule has 3 rings (SSSR count). The van der Waals surface area contributed by atoms with Gasteiger partial charge in [-0.2, -0.15) is 0 Å². The lowest BCUT2D eigenvalue weighted by Gasteiger charge is -2.32. The SMILES string of the molecule is C=CCNC(=NCC1CCS(=O)(=O)C1)N1CCC(N2CCCCC2)C1.I. The highest BCUT2D eigenvalue weighted by Gasteiger charge is 2.31. The van der Waals surface area contributed by atoms with Gasteiger partial charge in [0.1, 0.15) is 0 Å². The van der Waals surface area contributed by atoms with Gasteiger partial charge in [-0.1, -0.05) is 12.5 Å². The maximum Gasteiger partial charge on any atom is 0.194 e. The number of piperidine rings is 1. The molecule has 0 aromatic carbocycles. The van der Waals surface area contributed by atoms with Crippen molar-refractivity contribution in [2.45, 2.75) is 38.1 Å². The van der Waals surface area contributed by atoms with Crippen LogP contribution in [-0.2, 0) is 9.84 Å². The summed E-state index contributed by atoms with van der Waals surface area (Å²) in [7, 11) is -2.83. The fourth-order valence-corrected chi connectivity index (χ4v) is 6.03. The third kappa shape index (κ3) is 6.09. The lowest BCUT2D eigenvalue weighted by molar-refractivity contribution is 0.168. The van der Waals surface area contributed by atoms with E-state index in [0.29, 0.717) is 30.6 Å². The predicted molar refractivity (Wildman–Crippen MR) is 118 cm³/mol. The van der Waals surface area contributed by atoms with Gasteiger partial charge in [-0.15, -0.1) is 30.6 Å². The minimum atomic E-state index is -2.83. The largest absolute Gasteiger partial charge is 0.353 e. The first-order chi connectivity index (χ1) is 12.1. The second-order valence-corrected chi connectivity index (χ2v) is 9.82. The molecule has 0 radical (unpaired) electrons. The van der Waals surface area contributed by atoms with Gasteiger partial charge in [0.2, 0.25) is 0 Å². The van der Waals surface area contributed by atoms with Crippen LogP contribution in [0.15, 0.2) is 17.6 Å². The average molecular weight is 496 g/mol. The zero-order chi connectivity index (χ0) is 17.7. The molecule has 0 aromatic heterocycles. The Morgan fingerprint density at radius 3 is 2.62 bits per heavy atom. The maximum absolute atomic E-state index is 11.6. The van der Waals surface area contributed by atoms with E-state index in [9.17, 15) is 8.42 Å². The van der Waals surface area contributed by atoms with Gasteiger partial charge in [0, 0.05) is 32.2 Å². The molecule has 3 heterocycles. The summed E-state index contributed by atoms with van der Waals surface area (Å²) in [6.07, 6.45) is 7.78. The van der Waals surface area contributed by atoms with Gasteiger partial charge < -0.3 is 10.2 Å². The highest BCUT2D eigenvalue weighted by atomic mass is 127. The molecule has 0 aromatic rings. The molecule has 3 fully saturated rings. The van der Waals surface area contributed by atoms with E-state index >= 15 is 0 Å². The van der Waals surface area contributed by atoms with E-state index in [0.717, 1.165) is 25.5 Å². The van der Waals surface area contributed by atoms with Gasteiger partial charge in [-0.05, 0) is 44.7 Å². The third-order valence-corrected chi connectivity index (χ3v) is 7.44. The summed E-state index contributed by atoms with van der Waals surface area (Å²) < 4.78 is 23.3. The van der Waals surface area contributed by atoms with Crippen molar-refractivity contribution < 1.29 is 8.42 Å². The van der Waals surface area contributed by atoms with Gasteiger partial charge in [-0.3, -0.25) is 9.89 Å². The number of rotatable bonds is 5. The first-order valence-electron chi connectivity index (χ1n) is 9.66. The Hall–Kier alpha value is -0.350. The second-order valence-electron chi connectivity index (χ2n) is 7.59. The molecule has 150 valence electrons. The lowest BCUT2D eigenvalue weighted by atomic mass is 10.1. The molecule has 0 amide bonds. The highest BCUT2D eigenvalue weighted by molar-refractivity contribution is 14.0. The molecular weight excluding hydrogens is 463 g/mol. The zero-order valence-corrected chi connectivity index (χ0v) is 18.8. The number of sulfone groups is 1. The molecule has 0 saturated carbocycles. The van der Waals surface area contributed by atoms with Crippen molar-refractivity contribution in [3.8, 4) is 0 Å². The van der Waals surface area contributed by atoms with Crippen molar-refractivity contribution in [2.24, 2.45) is 10.9 Å². The lowest BCUT2D eigenvalue weighted by Crippen LogP contribution is -2.44. The van der Waals surface area contributed by atoms with E-state index < -0.39 is 9.84 Å². The van der Waals surface area contributed by atoms with Crippen LogP contribution in [0.3, 0.4) is 0 Å². The predicted octanol–water partition coefficient (Wildman–Crippen LogP) is 1.73. The molecule has 0 spiro atoms. The quantitative estimate of drug-likeness (QED) is 0.272. The molecule has 8 heteroatoms. The summed E-state index contributed by atoms with van der Waals surface area (Å²) in [5, 5.41) is 3.37. The number of hydrogen-bond donors (Lipinski definition) is 1. The van der Waals surface area contributed by atoms with Crippen molar-refractivity contribution in [3.05, 3.63) is 12.7 Å². The summed E-state index contributed by atoms with van der Waals surface area (Å²) in [6, 6.07) is 0.628. The maximum atomic E-state index is 11.6. The fourth-order valence-electron chi connectivity index (χ4n) is 4.18. The smallest absolute Gasteiger partial charge is 0.194 e. The van der Waals surface area contributed by atoms with Crippen molar-refractivity contribution in [2.75, 3.05) is 50.8 Å². The van der Waals surface area contributed by atoms with Crippen LogP contribution in [0.25, 0.3) is 0 Å². The van der Waals surface area contributed by atoms with Crippen molar-refractivity contribution in [3.63, 3.8) is 0 Å². The standard InChI is InChI=1S/C18H32N4O2S.HI/c1-2-8-19-18(20-13-16-7-12-25(23,24)15-16)22-11-6-17(14-22)21-9-4-3-5-10-21;/h2,16-17H,1,3-15H2,(H,19,20);1H. The van der Waals surface area contributed by atoms with Gasteiger partial charge in [0.25, 0.3) is 0 Å². The van der Waals surface area contributed by atoms with E-state index in [1.54, 1.807) is 0 Å². The minimum absolute atomic E-state index is 0. The van der Waals surface area contributed by atoms with Gasteiger partial charge in [0.05, 0.1) is 11.5 Å². The molecule has 0 bridgehead atoms. The van der Waals surface area contributed by atoms with Crippen LogP contribution in [-0.4, -0.2) is 81.0 Å². The summed E-state index contributed by atoms with van der Waals surface area (Å²) in [4.78, 5) is 9.75. The Morgan fingerprint density at radius 2 is 1.96 bits per heavy atom. The van der Waals surface area contributed by atoms with Crippen LogP contribution in [0, 0.1) is 5.92 Å². The first kappa shape index (κ1) is 21.9. The molecule has 2 unspecified atom stereocenters. The Balaban J connectivity index is 0.00000243. The molecule has 2 atom stereocenters. The summed E-state index contributed by atoms with van der Waals surface area (Å²) in [5.74, 6) is 1.71.